The molecule has 0 bridgehead atoms. The van der Waals surface area contributed by atoms with Crippen molar-refractivity contribution < 1.29 is 18.7 Å². The maximum absolute atomic E-state index is 12.6. The van der Waals surface area contributed by atoms with E-state index >= 15 is 0 Å². The Balaban J connectivity index is 2.91. The topological polar surface area (TPSA) is 68.0 Å². The molecule has 5 nitrogen and oxygen atoms in total. The van der Waals surface area contributed by atoms with Gasteiger partial charge >= 0.3 is 5.97 Å². The maximum atomic E-state index is 12.6. The molecule has 1 N–H and O–H groups in total. The molecule has 0 fully saturated rings. The Kier molecular flexibility index (Phi) is 4.86. The number of hydrogen-bond acceptors (Lipinski definition) is 4. The molecule has 0 unspecified atom stereocenters. The molecule has 0 aliphatic carbocycles. The van der Waals surface area contributed by atoms with Crippen LogP contribution in [0.25, 0.3) is 0 Å². The molecule has 1 aromatic heterocycles. The zero-order valence-corrected chi connectivity index (χ0v) is 10.2. The van der Waals surface area contributed by atoms with E-state index in [1.165, 1.54) is 4.57 Å². The number of carboxylic acids is 1. The molecule has 17 heavy (non-hydrogen) atoms. The Morgan fingerprint density at radius 1 is 1.47 bits per heavy atom. The smallest absolute Gasteiger partial charge is 0.313 e. The fourth-order valence-corrected chi connectivity index (χ4v) is 1.91. The van der Waals surface area contributed by atoms with Crippen molar-refractivity contribution in [3.63, 3.8) is 0 Å². The number of alkyl halides is 2. The lowest BCUT2D eigenvalue weighted by molar-refractivity contribution is -0.133. The van der Waals surface area contributed by atoms with Gasteiger partial charge in [0.1, 0.15) is 0 Å². The van der Waals surface area contributed by atoms with Crippen molar-refractivity contribution in [2.45, 2.75) is 32.0 Å². The fraction of sp³-hybridized carbons (Fsp3) is 0.667. The van der Waals surface area contributed by atoms with E-state index < -0.39 is 18.2 Å². The predicted octanol–water partition coefficient (Wildman–Crippen LogP) is 2.05. The van der Waals surface area contributed by atoms with Gasteiger partial charge in [-0.2, -0.15) is 0 Å². The van der Waals surface area contributed by atoms with Crippen LogP contribution in [0.5, 0.6) is 0 Å². The first kappa shape index (κ1) is 13.9. The molecule has 0 radical (unpaired) electrons. The molecule has 0 aliphatic heterocycles. The lowest BCUT2D eigenvalue weighted by atomic mass is 10.2. The Labute approximate surface area is 101 Å². The predicted molar refractivity (Wildman–Crippen MR) is 58.2 cm³/mol. The molecular formula is C9H13F2N3O2S. The van der Waals surface area contributed by atoms with Gasteiger partial charge in [0.2, 0.25) is 5.82 Å². The maximum Gasteiger partial charge on any atom is 0.313 e. The van der Waals surface area contributed by atoms with Crippen molar-refractivity contribution in [1.82, 2.24) is 14.8 Å². The molecule has 8 heteroatoms. The van der Waals surface area contributed by atoms with Gasteiger partial charge in [0.25, 0.3) is 6.43 Å². The molecular weight excluding hydrogens is 252 g/mol. The van der Waals surface area contributed by atoms with Gasteiger partial charge in [0.15, 0.2) is 5.16 Å². The van der Waals surface area contributed by atoms with Crippen LogP contribution in [0, 0.1) is 5.92 Å². The van der Waals surface area contributed by atoms with Crippen molar-refractivity contribution in [3.8, 4) is 0 Å². The van der Waals surface area contributed by atoms with Crippen molar-refractivity contribution in [3.05, 3.63) is 5.82 Å². The van der Waals surface area contributed by atoms with Crippen molar-refractivity contribution in [1.29, 1.82) is 0 Å². The lowest BCUT2D eigenvalue weighted by Gasteiger charge is -2.11. The quantitative estimate of drug-likeness (QED) is 0.797. The number of rotatable bonds is 6. The Bertz CT molecular complexity index is 396. The second kappa shape index (κ2) is 5.95. The molecule has 0 saturated carbocycles. The molecule has 0 aromatic carbocycles. The molecule has 0 saturated heterocycles. The number of halogens is 2. The monoisotopic (exact) mass is 265 g/mol. The summed E-state index contributed by atoms with van der Waals surface area (Å²) in [7, 11) is 0. The fourth-order valence-electron chi connectivity index (χ4n) is 1.23. The number of aliphatic carboxylic acids is 1. The highest BCUT2D eigenvalue weighted by molar-refractivity contribution is 7.99. The second-order valence-electron chi connectivity index (χ2n) is 3.83. The average Bonchev–Trinajstić information content (AvgIpc) is 2.57. The van der Waals surface area contributed by atoms with Gasteiger partial charge in [0, 0.05) is 6.54 Å². The molecule has 0 atom stereocenters. The zero-order chi connectivity index (χ0) is 13.0. The molecule has 1 rings (SSSR count). The summed E-state index contributed by atoms with van der Waals surface area (Å²) in [6, 6.07) is 0. The third kappa shape index (κ3) is 3.95. The normalized spacial score (nSPS) is 11.4. The van der Waals surface area contributed by atoms with Crippen LogP contribution in [-0.2, 0) is 11.3 Å². The van der Waals surface area contributed by atoms with Crippen LogP contribution in [0.1, 0.15) is 26.1 Å². The third-order valence-electron chi connectivity index (χ3n) is 1.81. The van der Waals surface area contributed by atoms with Crippen LogP contribution in [0.2, 0.25) is 0 Å². The van der Waals surface area contributed by atoms with Gasteiger partial charge < -0.3 is 9.67 Å². The summed E-state index contributed by atoms with van der Waals surface area (Å²) in [5.41, 5.74) is 0. The second-order valence-corrected chi connectivity index (χ2v) is 4.77. The number of carboxylic acid groups (broad SMARTS) is 1. The van der Waals surface area contributed by atoms with E-state index in [1.54, 1.807) is 0 Å². The Morgan fingerprint density at radius 2 is 2.12 bits per heavy atom. The largest absolute Gasteiger partial charge is 0.481 e. The summed E-state index contributed by atoms with van der Waals surface area (Å²) < 4.78 is 26.6. The highest BCUT2D eigenvalue weighted by Crippen LogP contribution is 2.24. The molecule has 1 heterocycles. The molecule has 0 amide bonds. The number of thioether (sulfide) groups is 1. The van der Waals surface area contributed by atoms with Crippen LogP contribution in [-0.4, -0.2) is 31.6 Å². The van der Waals surface area contributed by atoms with E-state index in [2.05, 4.69) is 10.2 Å². The van der Waals surface area contributed by atoms with Crippen molar-refractivity contribution in [2.75, 3.05) is 5.75 Å². The van der Waals surface area contributed by atoms with Gasteiger partial charge in [-0.15, -0.1) is 10.2 Å². The van der Waals surface area contributed by atoms with Gasteiger partial charge in [0.05, 0.1) is 5.75 Å². The van der Waals surface area contributed by atoms with E-state index in [9.17, 15) is 13.6 Å². The average molecular weight is 265 g/mol. The van der Waals surface area contributed by atoms with E-state index in [-0.39, 0.29) is 16.8 Å². The van der Waals surface area contributed by atoms with Crippen molar-refractivity contribution in [2.24, 2.45) is 5.92 Å². The SMILES string of the molecule is CC(C)Cn1c(SCC(=O)O)nnc1C(F)F. The minimum Gasteiger partial charge on any atom is -0.481 e. The minimum absolute atomic E-state index is 0.146. The third-order valence-corrected chi connectivity index (χ3v) is 2.76. The molecule has 0 spiro atoms. The van der Waals surface area contributed by atoms with E-state index in [0.29, 0.717) is 6.54 Å². The minimum atomic E-state index is -2.71. The highest BCUT2D eigenvalue weighted by Gasteiger charge is 2.21. The molecule has 0 aliphatic rings. The van der Waals surface area contributed by atoms with Crippen LogP contribution < -0.4 is 0 Å². The number of hydrogen-bond donors (Lipinski definition) is 1. The number of nitrogens with zero attached hydrogens (tertiary/aromatic N) is 3. The summed E-state index contributed by atoms with van der Waals surface area (Å²) in [6.45, 7) is 4.09. The number of aromatic nitrogens is 3. The first-order valence-corrected chi connectivity index (χ1v) is 5.96. The first-order chi connectivity index (χ1) is 7.91. The van der Waals surface area contributed by atoms with Gasteiger partial charge in [-0.05, 0) is 5.92 Å². The standard InChI is InChI=1S/C9H13F2N3O2S/c1-5(2)3-14-8(7(10)11)12-13-9(14)17-4-6(15)16/h5,7H,3-4H2,1-2H3,(H,15,16). The summed E-state index contributed by atoms with van der Waals surface area (Å²) in [5.74, 6) is -1.51. The lowest BCUT2D eigenvalue weighted by Crippen LogP contribution is -2.11. The molecule has 96 valence electrons. The summed E-state index contributed by atoms with van der Waals surface area (Å²) >= 11 is 0.892. The highest BCUT2D eigenvalue weighted by atomic mass is 32.2. The number of carbonyl (C=O) groups is 1. The van der Waals surface area contributed by atoms with E-state index in [4.69, 9.17) is 5.11 Å². The van der Waals surface area contributed by atoms with E-state index in [1.807, 2.05) is 13.8 Å². The Morgan fingerprint density at radius 3 is 2.59 bits per heavy atom. The summed E-state index contributed by atoms with van der Waals surface area (Å²) in [5, 5.41) is 15.7. The van der Waals surface area contributed by atoms with Crippen LogP contribution in [0.15, 0.2) is 5.16 Å². The first-order valence-electron chi connectivity index (χ1n) is 4.97. The van der Waals surface area contributed by atoms with Crippen LogP contribution in [0.3, 0.4) is 0 Å². The van der Waals surface area contributed by atoms with Crippen molar-refractivity contribution >= 4 is 17.7 Å². The van der Waals surface area contributed by atoms with Crippen LogP contribution >= 0.6 is 11.8 Å². The summed E-state index contributed by atoms with van der Waals surface area (Å²) in [4.78, 5) is 10.4. The molecule has 1 aromatic rings. The van der Waals surface area contributed by atoms with Gasteiger partial charge in [-0.1, -0.05) is 25.6 Å². The summed E-state index contributed by atoms with van der Waals surface area (Å²) in [6.07, 6.45) is -2.71. The van der Waals surface area contributed by atoms with Gasteiger partial charge in [-0.3, -0.25) is 4.79 Å². The Hall–Kier alpha value is -1.18. The van der Waals surface area contributed by atoms with E-state index in [0.717, 1.165) is 11.8 Å². The van der Waals surface area contributed by atoms with Crippen LogP contribution in [0.4, 0.5) is 8.78 Å². The zero-order valence-electron chi connectivity index (χ0n) is 9.43. The van der Waals surface area contributed by atoms with Gasteiger partial charge in [-0.25, -0.2) is 8.78 Å².